The summed E-state index contributed by atoms with van der Waals surface area (Å²) in [6.45, 7) is 4.49. The molecule has 2 N–H and O–H groups in total. The number of carbonyl (C=O) groups is 2. The fraction of sp³-hybridized carbons (Fsp3) is 0.467. The third-order valence-corrected chi connectivity index (χ3v) is 4.13. The van der Waals surface area contributed by atoms with Gasteiger partial charge in [-0.1, -0.05) is 25.1 Å². The zero-order valence-electron chi connectivity index (χ0n) is 11.9. The molecule has 0 radical (unpaired) electrons. The molecule has 0 aliphatic rings. The second-order valence-corrected chi connectivity index (χ2v) is 5.91. The van der Waals surface area contributed by atoms with Gasteiger partial charge in [0.05, 0.1) is 5.75 Å². The smallest absolute Gasteiger partial charge is 0.303 e. The minimum Gasteiger partial charge on any atom is -0.481 e. The summed E-state index contributed by atoms with van der Waals surface area (Å²) in [5.41, 5.74) is 1.17. The van der Waals surface area contributed by atoms with E-state index in [4.69, 9.17) is 5.11 Å². The van der Waals surface area contributed by atoms with Gasteiger partial charge in [0.15, 0.2) is 0 Å². The van der Waals surface area contributed by atoms with E-state index in [1.807, 2.05) is 38.1 Å². The zero-order chi connectivity index (χ0) is 15.0. The Hall–Kier alpha value is -1.49. The number of benzene rings is 1. The molecule has 0 aliphatic heterocycles. The fourth-order valence-electron chi connectivity index (χ4n) is 1.67. The van der Waals surface area contributed by atoms with Crippen LogP contribution in [0.3, 0.4) is 0 Å². The second-order valence-electron chi connectivity index (χ2n) is 4.90. The average molecular weight is 295 g/mol. The van der Waals surface area contributed by atoms with Gasteiger partial charge >= 0.3 is 5.97 Å². The second kappa shape index (κ2) is 8.64. The van der Waals surface area contributed by atoms with Gasteiger partial charge in [0.1, 0.15) is 0 Å². The Balaban J connectivity index is 2.24. The van der Waals surface area contributed by atoms with E-state index >= 15 is 0 Å². The highest BCUT2D eigenvalue weighted by atomic mass is 32.2. The number of carboxylic acids is 1. The predicted octanol–water partition coefficient (Wildman–Crippen LogP) is 2.70. The minimum absolute atomic E-state index is 0.0135. The lowest BCUT2D eigenvalue weighted by Crippen LogP contribution is -2.29. The Kier molecular flexibility index (Phi) is 7.15. The highest BCUT2D eigenvalue weighted by Crippen LogP contribution is 2.21. The van der Waals surface area contributed by atoms with Gasteiger partial charge in [-0.05, 0) is 30.9 Å². The largest absolute Gasteiger partial charge is 0.481 e. The normalized spacial score (nSPS) is 11.9. The Bertz CT molecular complexity index is 462. The lowest BCUT2D eigenvalue weighted by atomic mass is 10.1. The summed E-state index contributed by atoms with van der Waals surface area (Å²) in [5.74, 6) is -0.242. The molecule has 1 atom stereocenters. The van der Waals surface area contributed by atoms with E-state index in [2.05, 4.69) is 5.32 Å². The van der Waals surface area contributed by atoms with Crippen molar-refractivity contribution >= 4 is 23.6 Å². The molecule has 0 aromatic heterocycles. The molecule has 5 heteroatoms. The summed E-state index contributed by atoms with van der Waals surface area (Å²) in [7, 11) is 0. The number of carboxylic acid groups (broad SMARTS) is 1. The number of hydrogen-bond acceptors (Lipinski definition) is 3. The summed E-state index contributed by atoms with van der Waals surface area (Å²) in [5, 5.41) is 11.4. The first-order valence-corrected chi connectivity index (χ1v) is 7.64. The van der Waals surface area contributed by atoms with Gasteiger partial charge in [0, 0.05) is 17.9 Å². The van der Waals surface area contributed by atoms with Crippen molar-refractivity contribution in [1.29, 1.82) is 0 Å². The first kappa shape index (κ1) is 16.6. The van der Waals surface area contributed by atoms with Crippen molar-refractivity contribution in [3.63, 3.8) is 0 Å². The van der Waals surface area contributed by atoms with E-state index in [9.17, 15) is 9.59 Å². The maximum atomic E-state index is 11.7. The number of nitrogens with one attached hydrogen (secondary N) is 1. The monoisotopic (exact) mass is 295 g/mol. The highest BCUT2D eigenvalue weighted by Gasteiger charge is 2.08. The van der Waals surface area contributed by atoms with Crippen LogP contribution in [0.25, 0.3) is 0 Å². The molecule has 0 saturated carbocycles. The standard InChI is InChI=1S/C15H21NO3S/c1-11(7-8-15(18)19)9-16-14(17)10-20-13-6-4-3-5-12(13)2/h3-6,11H,7-10H2,1-2H3,(H,16,17)(H,18,19). The lowest BCUT2D eigenvalue weighted by molar-refractivity contribution is -0.137. The molecule has 0 bridgehead atoms. The van der Waals surface area contributed by atoms with Crippen LogP contribution in [0.5, 0.6) is 0 Å². The molecule has 1 amide bonds. The van der Waals surface area contributed by atoms with E-state index in [1.165, 1.54) is 17.3 Å². The molecule has 20 heavy (non-hydrogen) atoms. The molecule has 1 rings (SSSR count). The van der Waals surface area contributed by atoms with Gasteiger partial charge < -0.3 is 10.4 Å². The third kappa shape index (κ3) is 6.61. The number of hydrogen-bond donors (Lipinski definition) is 2. The van der Waals surface area contributed by atoms with Crippen molar-refractivity contribution in [3.05, 3.63) is 29.8 Å². The number of aliphatic carboxylic acids is 1. The van der Waals surface area contributed by atoms with Crippen LogP contribution >= 0.6 is 11.8 Å². The number of aryl methyl sites for hydroxylation is 1. The molecular weight excluding hydrogens is 274 g/mol. The maximum Gasteiger partial charge on any atom is 0.303 e. The average Bonchev–Trinajstić information content (AvgIpc) is 2.42. The van der Waals surface area contributed by atoms with Crippen LogP contribution in [0.15, 0.2) is 29.2 Å². The van der Waals surface area contributed by atoms with Gasteiger partial charge in [0.2, 0.25) is 5.91 Å². The van der Waals surface area contributed by atoms with Crippen molar-refractivity contribution < 1.29 is 14.7 Å². The van der Waals surface area contributed by atoms with Crippen LogP contribution in [0.4, 0.5) is 0 Å². The van der Waals surface area contributed by atoms with E-state index in [0.717, 1.165) is 4.90 Å². The SMILES string of the molecule is Cc1ccccc1SCC(=O)NCC(C)CCC(=O)O. The summed E-state index contributed by atoms with van der Waals surface area (Å²) in [4.78, 5) is 23.3. The molecule has 0 saturated heterocycles. The molecule has 1 unspecified atom stereocenters. The number of rotatable bonds is 8. The molecular formula is C15H21NO3S. The van der Waals surface area contributed by atoms with Crippen molar-refractivity contribution in [3.8, 4) is 0 Å². The van der Waals surface area contributed by atoms with E-state index in [0.29, 0.717) is 18.7 Å². The number of amides is 1. The molecule has 1 aromatic rings. The Morgan fingerprint density at radius 3 is 2.70 bits per heavy atom. The third-order valence-electron chi connectivity index (χ3n) is 2.95. The number of carbonyl (C=O) groups excluding carboxylic acids is 1. The first-order valence-electron chi connectivity index (χ1n) is 6.66. The molecule has 0 spiro atoms. The zero-order valence-corrected chi connectivity index (χ0v) is 12.7. The summed E-state index contributed by atoms with van der Waals surface area (Å²) >= 11 is 1.52. The van der Waals surface area contributed by atoms with Crippen molar-refractivity contribution in [2.24, 2.45) is 5.92 Å². The lowest BCUT2D eigenvalue weighted by Gasteiger charge is -2.11. The van der Waals surface area contributed by atoms with Crippen LogP contribution in [0.2, 0.25) is 0 Å². The highest BCUT2D eigenvalue weighted by molar-refractivity contribution is 8.00. The molecule has 1 aromatic carbocycles. The van der Waals surface area contributed by atoms with E-state index < -0.39 is 5.97 Å². The van der Waals surface area contributed by atoms with Crippen LogP contribution in [0, 0.1) is 12.8 Å². The summed E-state index contributed by atoms with van der Waals surface area (Å²) < 4.78 is 0. The Labute approximate surface area is 124 Å². The summed E-state index contributed by atoms with van der Waals surface area (Å²) in [6.07, 6.45) is 0.732. The molecule has 0 fully saturated rings. The minimum atomic E-state index is -0.793. The van der Waals surface area contributed by atoms with E-state index in [-0.39, 0.29) is 18.2 Å². The molecule has 110 valence electrons. The van der Waals surface area contributed by atoms with Gasteiger partial charge in [-0.3, -0.25) is 9.59 Å². The number of thioether (sulfide) groups is 1. The van der Waals surface area contributed by atoms with Gasteiger partial charge in [0.25, 0.3) is 0 Å². The van der Waals surface area contributed by atoms with Gasteiger partial charge in [-0.2, -0.15) is 0 Å². The maximum absolute atomic E-state index is 11.7. The van der Waals surface area contributed by atoms with Crippen LogP contribution < -0.4 is 5.32 Å². The molecule has 0 heterocycles. The Morgan fingerprint density at radius 2 is 2.05 bits per heavy atom. The quantitative estimate of drug-likeness (QED) is 0.724. The fourth-order valence-corrected chi connectivity index (χ4v) is 2.53. The predicted molar refractivity (Wildman–Crippen MR) is 80.9 cm³/mol. The van der Waals surface area contributed by atoms with Gasteiger partial charge in [-0.25, -0.2) is 0 Å². The van der Waals surface area contributed by atoms with Crippen LogP contribution in [-0.4, -0.2) is 29.3 Å². The van der Waals surface area contributed by atoms with Gasteiger partial charge in [-0.15, -0.1) is 11.8 Å². The van der Waals surface area contributed by atoms with Crippen LogP contribution in [-0.2, 0) is 9.59 Å². The van der Waals surface area contributed by atoms with Crippen molar-refractivity contribution in [2.75, 3.05) is 12.3 Å². The topological polar surface area (TPSA) is 66.4 Å². The van der Waals surface area contributed by atoms with Crippen molar-refractivity contribution in [1.82, 2.24) is 5.32 Å². The summed E-state index contributed by atoms with van der Waals surface area (Å²) in [6, 6.07) is 7.96. The molecule has 0 aliphatic carbocycles. The molecule has 4 nitrogen and oxygen atoms in total. The van der Waals surface area contributed by atoms with Crippen molar-refractivity contribution in [2.45, 2.75) is 31.6 Å². The first-order chi connectivity index (χ1) is 9.49. The van der Waals surface area contributed by atoms with E-state index in [1.54, 1.807) is 0 Å². The Morgan fingerprint density at radius 1 is 1.35 bits per heavy atom. The van der Waals surface area contributed by atoms with Crippen LogP contribution in [0.1, 0.15) is 25.3 Å².